The topological polar surface area (TPSA) is 101 Å². The van der Waals surface area contributed by atoms with Crippen LogP contribution in [0, 0.1) is 0 Å². The molecule has 0 saturated carbocycles. The number of aromatic nitrogens is 2. The number of anilines is 1. The Kier molecular flexibility index (Phi) is 1.18. The molecule has 0 atom stereocenters. The van der Waals surface area contributed by atoms with E-state index >= 15 is 0 Å². The van der Waals surface area contributed by atoms with Crippen molar-refractivity contribution in [2.75, 3.05) is 5.73 Å². The highest BCUT2D eigenvalue weighted by Crippen LogP contribution is 2.16. The molecule has 0 bridgehead atoms. The summed E-state index contributed by atoms with van der Waals surface area (Å²) in [5.41, 5.74) is 6.16. The lowest BCUT2D eigenvalue weighted by Crippen LogP contribution is -2.37. The summed E-state index contributed by atoms with van der Waals surface area (Å²) in [5, 5.41) is 8.30. The minimum absolute atomic E-state index is 0.130. The van der Waals surface area contributed by atoms with Crippen LogP contribution in [0.1, 0.15) is 16.1 Å². The van der Waals surface area contributed by atoms with Crippen molar-refractivity contribution in [1.82, 2.24) is 15.5 Å². The molecule has 6 nitrogen and oxygen atoms in total. The van der Waals surface area contributed by atoms with Crippen LogP contribution in [0.15, 0.2) is 0 Å². The van der Waals surface area contributed by atoms with E-state index < -0.39 is 5.91 Å². The van der Waals surface area contributed by atoms with E-state index in [0.29, 0.717) is 5.69 Å². The van der Waals surface area contributed by atoms with Crippen molar-refractivity contribution < 1.29 is 9.59 Å². The molecule has 1 aromatic rings. The van der Waals surface area contributed by atoms with Crippen molar-refractivity contribution in [3.63, 3.8) is 0 Å². The first-order chi connectivity index (χ1) is 5.68. The first kappa shape index (κ1) is 6.84. The molecule has 1 aliphatic heterocycles. The number of hydrogen-bond donors (Lipinski definition) is 3. The highest BCUT2D eigenvalue weighted by atomic mass is 16.2. The smallest absolute Gasteiger partial charge is 0.263 e. The number of hydrogen-bond acceptors (Lipinski definition) is 4. The average Bonchev–Trinajstić information content (AvgIpc) is 2.31. The molecule has 12 heavy (non-hydrogen) atoms. The van der Waals surface area contributed by atoms with E-state index in [4.69, 9.17) is 5.73 Å². The van der Waals surface area contributed by atoms with E-state index in [2.05, 4.69) is 15.5 Å². The molecule has 1 aromatic heterocycles. The number of nitrogen functional groups attached to an aromatic ring is 1. The predicted molar refractivity (Wildman–Crippen MR) is 39.2 cm³/mol. The molecule has 0 unspecified atom stereocenters. The fraction of sp³-hybridized carbons (Fsp3) is 0.167. The third-order valence-electron chi connectivity index (χ3n) is 1.69. The highest BCUT2D eigenvalue weighted by Gasteiger charge is 2.26. The van der Waals surface area contributed by atoms with Gasteiger partial charge in [0.05, 0.1) is 12.1 Å². The molecule has 1 aliphatic rings. The highest BCUT2D eigenvalue weighted by molar-refractivity contribution is 6.11. The Labute approximate surface area is 67.1 Å². The third-order valence-corrected chi connectivity index (χ3v) is 1.69. The van der Waals surface area contributed by atoms with Crippen LogP contribution in [-0.4, -0.2) is 22.0 Å². The molecule has 0 fully saturated rings. The van der Waals surface area contributed by atoms with Gasteiger partial charge in [0.25, 0.3) is 5.91 Å². The van der Waals surface area contributed by atoms with Crippen molar-refractivity contribution in [3.8, 4) is 0 Å². The number of nitrogens with two attached hydrogens (primary N) is 1. The van der Waals surface area contributed by atoms with Gasteiger partial charge in [0.1, 0.15) is 5.56 Å². The van der Waals surface area contributed by atoms with Crippen LogP contribution >= 0.6 is 0 Å². The summed E-state index contributed by atoms with van der Waals surface area (Å²) in [7, 11) is 0. The normalized spacial score (nSPS) is 15.7. The summed E-state index contributed by atoms with van der Waals surface area (Å²) >= 11 is 0. The van der Waals surface area contributed by atoms with E-state index in [1.54, 1.807) is 0 Å². The molecule has 62 valence electrons. The van der Waals surface area contributed by atoms with Crippen LogP contribution in [0.4, 0.5) is 5.82 Å². The lowest BCUT2D eigenvalue weighted by atomic mass is 10.1. The first-order valence-corrected chi connectivity index (χ1v) is 3.35. The molecule has 2 rings (SSSR count). The van der Waals surface area contributed by atoms with Gasteiger partial charge in [0.15, 0.2) is 5.82 Å². The first-order valence-electron chi connectivity index (χ1n) is 3.35. The predicted octanol–water partition coefficient (Wildman–Crippen LogP) is -1.20. The summed E-state index contributed by atoms with van der Waals surface area (Å²) in [4.78, 5) is 21.9. The largest absolute Gasteiger partial charge is 0.382 e. The molecular formula is C6H6N4O2. The van der Waals surface area contributed by atoms with Crippen molar-refractivity contribution in [1.29, 1.82) is 0 Å². The average molecular weight is 166 g/mol. The van der Waals surface area contributed by atoms with Crippen molar-refractivity contribution in [2.24, 2.45) is 0 Å². The minimum atomic E-state index is -0.479. The van der Waals surface area contributed by atoms with Crippen molar-refractivity contribution in [2.45, 2.75) is 6.42 Å². The van der Waals surface area contributed by atoms with Crippen LogP contribution in [0.2, 0.25) is 0 Å². The maximum atomic E-state index is 11.1. The maximum Gasteiger partial charge on any atom is 0.263 e. The number of rotatable bonds is 0. The Bertz CT molecular complexity index is 368. The van der Waals surface area contributed by atoms with E-state index in [9.17, 15) is 9.59 Å². The van der Waals surface area contributed by atoms with Gasteiger partial charge in [-0.25, -0.2) is 0 Å². The number of aromatic amines is 1. The second kappa shape index (κ2) is 2.07. The fourth-order valence-corrected chi connectivity index (χ4v) is 1.17. The summed E-state index contributed by atoms with van der Waals surface area (Å²) in [6.45, 7) is 0. The van der Waals surface area contributed by atoms with Gasteiger partial charge >= 0.3 is 0 Å². The Morgan fingerprint density at radius 3 is 2.92 bits per heavy atom. The monoisotopic (exact) mass is 166 g/mol. The van der Waals surface area contributed by atoms with Crippen molar-refractivity contribution in [3.05, 3.63) is 11.3 Å². The van der Waals surface area contributed by atoms with Gasteiger partial charge in [0.2, 0.25) is 5.91 Å². The zero-order chi connectivity index (χ0) is 8.72. The lowest BCUT2D eigenvalue weighted by Gasteiger charge is -2.09. The van der Waals surface area contributed by atoms with Gasteiger partial charge < -0.3 is 5.73 Å². The second-order valence-electron chi connectivity index (χ2n) is 2.52. The molecule has 2 amide bonds. The SMILES string of the molecule is Nc1n[nH]c2c1C(=O)NC(=O)C2. The van der Waals surface area contributed by atoms with Crippen LogP contribution < -0.4 is 11.1 Å². The number of H-pyrrole nitrogens is 1. The zero-order valence-electron chi connectivity index (χ0n) is 6.05. The number of carbonyl (C=O) groups is 2. The number of fused-ring (bicyclic) bond motifs is 1. The van der Waals surface area contributed by atoms with Crippen LogP contribution in [0.5, 0.6) is 0 Å². The van der Waals surface area contributed by atoms with Crippen LogP contribution in [0.25, 0.3) is 0 Å². The number of amides is 2. The van der Waals surface area contributed by atoms with Crippen molar-refractivity contribution >= 4 is 17.6 Å². The zero-order valence-corrected chi connectivity index (χ0v) is 6.05. The molecule has 2 heterocycles. The Morgan fingerprint density at radius 2 is 2.17 bits per heavy atom. The molecular weight excluding hydrogens is 160 g/mol. The van der Waals surface area contributed by atoms with Gasteiger partial charge in [-0.1, -0.05) is 0 Å². The fourth-order valence-electron chi connectivity index (χ4n) is 1.17. The molecule has 0 aromatic carbocycles. The Hall–Kier alpha value is -1.85. The van der Waals surface area contributed by atoms with Gasteiger partial charge in [-0.15, -0.1) is 0 Å². The molecule has 0 radical (unpaired) electrons. The van der Waals surface area contributed by atoms with Gasteiger partial charge in [-0.2, -0.15) is 5.10 Å². The van der Waals surface area contributed by atoms with E-state index in [1.807, 2.05) is 0 Å². The summed E-state index contributed by atoms with van der Waals surface area (Å²) in [5.74, 6) is -0.682. The number of nitrogens with zero attached hydrogens (tertiary/aromatic N) is 1. The molecule has 0 aliphatic carbocycles. The van der Waals surface area contributed by atoms with Gasteiger partial charge in [-0.05, 0) is 0 Å². The minimum Gasteiger partial charge on any atom is -0.382 e. The molecule has 4 N–H and O–H groups in total. The molecule has 6 heteroatoms. The number of nitrogens with one attached hydrogen (secondary N) is 2. The number of imide groups is 1. The van der Waals surface area contributed by atoms with Crippen LogP contribution in [0.3, 0.4) is 0 Å². The van der Waals surface area contributed by atoms with E-state index in [-0.39, 0.29) is 23.7 Å². The summed E-state index contributed by atoms with van der Waals surface area (Å²) < 4.78 is 0. The second-order valence-corrected chi connectivity index (χ2v) is 2.52. The van der Waals surface area contributed by atoms with Gasteiger partial charge in [-0.3, -0.25) is 20.0 Å². The summed E-state index contributed by atoms with van der Waals surface area (Å²) in [6.07, 6.45) is 0.130. The Morgan fingerprint density at radius 1 is 1.42 bits per heavy atom. The van der Waals surface area contributed by atoms with Crippen LogP contribution in [-0.2, 0) is 11.2 Å². The summed E-state index contributed by atoms with van der Waals surface area (Å²) in [6, 6.07) is 0. The van der Waals surface area contributed by atoms with Gasteiger partial charge in [0, 0.05) is 0 Å². The quantitative estimate of drug-likeness (QED) is 0.421. The maximum absolute atomic E-state index is 11.1. The molecule has 0 spiro atoms. The standard InChI is InChI=1S/C6H6N4O2/c7-5-4-2(9-10-5)1-3(11)8-6(4)12/h1H2,(H3,7,9,10)(H,8,11,12). The Balaban J connectivity index is 2.57. The van der Waals surface area contributed by atoms with E-state index in [0.717, 1.165) is 0 Å². The molecule has 0 saturated heterocycles. The number of carbonyl (C=O) groups excluding carboxylic acids is 2. The van der Waals surface area contributed by atoms with E-state index in [1.165, 1.54) is 0 Å². The third kappa shape index (κ3) is 0.777. The lowest BCUT2D eigenvalue weighted by molar-refractivity contribution is -0.119.